The maximum Gasteiger partial charge on any atom is 0.226 e. The van der Waals surface area contributed by atoms with E-state index in [0.29, 0.717) is 12.5 Å². The van der Waals surface area contributed by atoms with Crippen molar-refractivity contribution in [1.82, 2.24) is 4.98 Å². The molecule has 0 bridgehead atoms. The number of hydrogen-bond acceptors (Lipinski definition) is 3. The van der Waals surface area contributed by atoms with E-state index < -0.39 is 0 Å². The fourth-order valence-corrected chi connectivity index (χ4v) is 2.67. The molecule has 0 aliphatic heterocycles. The second-order valence-electron chi connectivity index (χ2n) is 5.88. The van der Waals surface area contributed by atoms with Crippen molar-refractivity contribution in [3.05, 3.63) is 71.6 Å². The lowest BCUT2D eigenvalue weighted by molar-refractivity contribution is 0.320. The van der Waals surface area contributed by atoms with Crippen LogP contribution in [0.25, 0.3) is 11.5 Å². The molecule has 0 radical (unpaired) electrons. The topological polar surface area (TPSA) is 35.3 Å². The summed E-state index contributed by atoms with van der Waals surface area (Å²) in [4.78, 5) is 4.60. The second-order valence-corrected chi connectivity index (χ2v) is 5.88. The molecule has 0 aliphatic rings. The number of nitrogens with zero attached hydrogens (tertiary/aromatic N) is 1. The number of aryl methyl sites for hydroxylation is 2. The molecule has 0 spiro atoms. The molecule has 0 aliphatic carbocycles. The van der Waals surface area contributed by atoms with E-state index in [1.54, 1.807) is 0 Å². The molecule has 124 valence electrons. The van der Waals surface area contributed by atoms with Gasteiger partial charge in [-0.2, -0.15) is 0 Å². The van der Waals surface area contributed by atoms with Crippen molar-refractivity contribution in [2.45, 2.75) is 33.1 Å². The van der Waals surface area contributed by atoms with Crippen molar-refractivity contribution in [3.8, 4) is 17.2 Å². The lowest BCUT2D eigenvalue weighted by Gasteiger charge is -2.06. The molecule has 0 fully saturated rings. The van der Waals surface area contributed by atoms with Crippen LogP contribution < -0.4 is 4.74 Å². The van der Waals surface area contributed by atoms with Crippen LogP contribution in [0.2, 0.25) is 0 Å². The molecule has 3 aromatic rings. The molecule has 1 aromatic heterocycles. The molecule has 0 atom stereocenters. The Kier molecular flexibility index (Phi) is 5.32. The van der Waals surface area contributed by atoms with Gasteiger partial charge in [0, 0.05) is 12.0 Å². The molecule has 0 amide bonds. The highest BCUT2D eigenvalue weighted by molar-refractivity contribution is 5.53. The Bertz CT molecular complexity index is 760. The summed E-state index contributed by atoms with van der Waals surface area (Å²) < 4.78 is 11.6. The Labute approximate surface area is 143 Å². The van der Waals surface area contributed by atoms with Gasteiger partial charge in [-0.3, -0.25) is 0 Å². The van der Waals surface area contributed by atoms with Crippen LogP contribution >= 0.6 is 0 Å². The molecule has 0 unspecified atom stereocenters. The minimum atomic E-state index is 0.592. The van der Waals surface area contributed by atoms with E-state index in [-0.39, 0.29) is 0 Å². The molecule has 3 rings (SSSR count). The molecule has 0 N–H and O–H groups in total. The lowest BCUT2D eigenvalue weighted by Crippen LogP contribution is -2.02. The van der Waals surface area contributed by atoms with Gasteiger partial charge in [0.2, 0.25) is 5.89 Å². The smallest absolute Gasteiger partial charge is 0.226 e. The number of aromatic nitrogens is 1. The largest absolute Gasteiger partial charge is 0.493 e. The number of rotatable bonds is 7. The minimum Gasteiger partial charge on any atom is -0.493 e. The second kappa shape index (κ2) is 7.82. The number of hydrogen-bond donors (Lipinski definition) is 0. The van der Waals surface area contributed by atoms with Crippen molar-refractivity contribution >= 4 is 0 Å². The van der Waals surface area contributed by atoms with Crippen LogP contribution in [0.3, 0.4) is 0 Å². The van der Waals surface area contributed by atoms with E-state index in [4.69, 9.17) is 9.15 Å². The molecule has 2 aromatic carbocycles. The summed E-state index contributed by atoms with van der Waals surface area (Å²) in [5.74, 6) is 2.43. The van der Waals surface area contributed by atoms with E-state index in [1.807, 2.05) is 49.4 Å². The summed E-state index contributed by atoms with van der Waals surface area (Å²) in [6.45, 7) is 4.73. The first kappa shape index (κ1) is 16.3. The van der Waals surface area contributed by atoms with E-state index in [9.17, 15) is 0 Å². The Hall–Kier alpha value is -2.55. The van der Waals surface area contributed by atoms with E-state index >= 15 is 0 Å². The number of oxazole rings is 1. The van der Waals surface area contributed by atoms with Crippen molar-refractivity contribution in [3.63, 3.8) is 0 Å². The van der Waals surface area contributed by atoms with Crippen LogP contribution in [0, 0.1) is 6.92 Å². The van der Waals surface area contributed by atoms with E-state index in [1.165, 1.54) is 5.56 Å². The van der Waals surface area contributed by atoms with Crippen LogP contribution in [0.15, 0.2) is 59.0 Å². The predicted molar refractivity (Wildman–Crippen MR) is 96.3 cm³/mol. The highest BCUT2D eigenvalue weighted by atomic mass is 16.5. The summed E-state index contributed by atoms with van der Waals surface area (Å²) in [5, 5.41) is 0. The van der Waals surface area contributed by atoms with Gasteiger partial charge < -0.3 is 9.15 Å². The minimum absolute atomic E-state index is 0.592. The summed E-state index contributed by atoms with van der Waals surface area (Å²) >= 11 is 0. The zero-order valence-electron chi connectivity index (χ0n) is 14.3. The first-order chi connectivity index (χ1) is 11.8. The normalized spacial score (nSPS) is 10.8. The van der Waals surface area contributed by atoms with Gasteiger partial charge in [-0.15, -0.1) is 0 Å². The van der Waals surface area contributed by atoms with Crippen molar-refractivity contribution < 1.29 is 9.15 Å². The average Bonchev–Trinajstić information content (AvgIpc) is 2.99. The standard InChI is InChI=1S/C21H23NO2/c1-3-7-17-10-12-19(13-11-17)23-15-14-20-16(2)24-21(22-20)18-8-5-4-6-9-18/h4-6,8-13H,3,7,14-15H2,1-2H3. The van der Waals surface area contributed by atoms with Crippen molar-refractivity contribution in [2.24, 2.45) is 0 Å². The summed E-state index contributed by atoms with van der Waals surface area (Å²) in [6.07, 6.45) is 3.01. The van der Waals surface area contributed by atoms with Crippen LogP contribution in [0.5, 0.6) is 5.75 Å². The third kappa shape index (κ3) is 4.05. The maximum atomic E-state index is 5.83. The van der Waals surface area contributed by atoms with Crippen LogP contribution in [0.1, 0.15) is 30.4 Å². The fraction of sp³-hybridized carbons (Fsp3) is 0.286. The maximum absolute atomic E-state index is 5.83. The van der Waals surface area contributed by atoms with Crippen LogP contribution in [-0.4, -0.2) is 11.6 Å². The first-order valence-corrected chi connectivity index (χ1v) is 8.49. The van der Waals surface area contributed by atoms with Gasteiger partial charge in [0.1, 0.15) is 11.5 Å². The lowest BCUT2D eigenvalue weighted by atomic mass is 10.1. The van der Waals surface area contributed by atoms with Gasteiger partial charge >= 0.3 is 0 Å². The highest BCUT2D eigenvalue weighted by Gasteiger charge is 2.11. The molecule has 0 saturated carbocycles. The van der Waals surface area contributed by atoms with Crippen molar-refractivity contribution in [1.29, 1.82) is 0 Å². The van der Waals surface area contributed by atoms with Gasteiger partial charge in [-0.1, -0.05) is 43.7 Å². The average molecular weight is 321 g/mol. The van der Waals surface area contributed by atoms with Crippen LogP contribution in [0.4, 0.5) is 0 Å². The van der Waals surface area contributed by atoms with Gasteiger partial charge in [0.25, 0.3) is 0 Å². The Morgan fingerprint density at radius 2 is 1.71 bits per heavy atom. The third-order valence-corrected chi connectivity index (χ3v) is 3.98. The Morgan fingerprint density at radius 1 is 0.958 bits per heavy atom. The van der Waals surface area contributed by atoms with Gasteiger partial charge in [-0.05, 0) is 43.2 Å². The van der Waals surface area contributed by atoms with E-state index in [2.05, 4.69) is 24.0 Å². The molecule has 0 saturated heterocycles. The number of benzene rings is 2. The third-order valence-electron chi connectivity index (χ3n) is 3.98. The van der Waals surface area contributed by atoms with Crippen molar-refractivity contribution in [2.75, 3.05) is 6.61 Å². The zero-order valence-corrected chi connectivity index (χ0v) is 14.3. The quantitative estimate of drug-likeness (QED) is 0.598. The summed E-state index contributed by atoms with van der Waals surface area (Å²) in [7, 11) is 0. The van der Waals surface area contributed by atoms with Gasteiger partial charge in [0.05, 0.1) is 12.3 Å². The fourth-order valence-electron chi connectivity index (χ4n) is 2.67. The Balaban J connectivity index is 1.58. The molecule has 24 heavy (non-hydrogen) atoms. The number of ether oxygens (including phenoxy) is 1. The molecule has 3 nitrogen and oxygen atoms in total. The molecular weight excluding hydrogens is 298 g/mol. The van der Waals surface area contributed by atoms with Gasteiger partial charge in [-0.25, -0.2) is 4.98 Å². The summed E-state index contributed by atoms with van der Waals surface area (Å²) in [6, 6.07) is 18.3. The molecule has 3 heteroatoms. The monoisotopic (exact) mass is 321 g/mol. The van der Waals surface area contributed by atoms with Crippen LogP contribution in [-0.2, 0) is 12.8 Å². The van der Waals surface area contributed by atoms with Gasteiger partial charge in [0.15, 0.2) is 0 Å². The molecule has 1 heterocycles. The first-order valence-electron chi connectivity index (χ1n) is 8.49. The van der Waals surface area contributed by atoms with E-state index in [0.717, 1.165) is 42.0 Å². The zero-order chi connectivity index (χ0) is 16.8. The Morgan fingerprint density at radius 3 is 2.42 bits per heavy atom. The molecular formula is C21H23NO2. The SMILES string of the molecule is CCCc1ccc(OCCc2nc(-c3ccccc3)oc2C)cc1. The highest BCUT2D eigenvalue weighted by Crippen LogP contribution is 2.22. The predicted octanol–water partition coefficient (Wildman–Crippen LogP) is 5.22. The summed E-state index contributed by atoms with van der Waals surface area (Å²) in [5.41, 5.74) is 3.31.